The molecule has 0 bridgehead atoms. The number of phenols is 1. The van der Waals surface area contributed by atoms with Gasteiger partial charge in [0.1, 0.15) is 5.75 Å². The van der Waals surface area contributed by atoms with Crippen LogP contribution in [0.1, 0.15) is 12.5 Å². The number of aromatic hydroxyl groups is 1. The fourth-order valence-electron chi connectivity index (χ4n) is 2.86. The Bertz CT molecular complexity index is 1010. The van der Waals surface area contributed by atoms with E-state index in [0.717, 1.165) is 34.6 Å². The van der Waals surface area contributed by atoms with Crippen LogP contribution in [0.5, 0.6) is 5.75 Å². The van der Waals surface area contributed by atoms with Gasteiger partial charge < -0.3 is 5.11 Å². The Morgan fingerprint density at radius 2 is 1.83 bits per heavy atom. The SMILES string of the molecule is CCc1ccc(O)c(-c2ccnc3cc(-c4ccccc4)nn23)c1. The van der Waals surface area contributed by atoms with E-state index in [0.29, 0.717) is 0 Å². The fraction of sp³-hybridized carbons (Fsp3) is 0.100. The molecule has 0 saturated heterocycles. The third-order valence-corrected chi connectivity index (χ3v) is 4.17. The first-order valence-corrected chi connectivity index (χ1v) is 7.98. The molecule has 0 aliphatic rings. The number of benzene rings is 2. The highest BCUT2D eigenvalue weighted by Crippen LogP contribution is 2.31. The maximum atomic E-state index is 10.3. The Morgan fingerprint density at radius 1 is 1.00 bits per heavy atom. The first-order chi connectivity index (χ1) is 11.8. The van der Waals surface area contributed by atoms with E-state index in [4.69, 9.17) is 5.10 Å². The van der Waals surface area contributed by atoms with Crippen LogP contribution in [-0.4, -0.2) is 19.7 Å². The zero-order valence-electron chi connectivity index (χ0n) is 13.3. The minimum absolute atomic E-state index is 0.247. The zero-order valence-corrected chi connectivity index (χ0v) is 13.3. The summed E-state index contributed by atoms with van der Waals surface area (Å²) in [6.07, 6.45) is 2.66. The summed E-state index contributed by atoms with van der Waals surface area (Å²) < 4.78 is 1.79. The maximum absolute atomic E-state index is 10.3. The number of hydrogen-bond donors (Lipinski definition) is 1. The Labute approximate surface area is 140 Å². The fourth-order valence-corrected chi connectivity index (χ4v) is 2.86. The summed E-state index contributed by atoms with van der Waals surface area (Å²) in [7, 11) is 0. The molecule has 4 heteroatoms. The lowest BCUT2D eigenvalue weighted by atomic mass is 10.1. The van der Waals surface area contributed by atoms with Crippen molar-refractivity contribution in [2.45, 2.75) is 13.3 Å². The zero-order chi connectivity index (χ0) is 16.5. The van der Waals surface area contributed by atoms with Crippen LogP contribution in [-0.2, 0) is 6.42 Å². The second-order valence-electron chi connectivity index (χ2n) is 5.70. The quantitative estimate of drug-likeness (QED) is 0.612. The van der Waals surface area contributed by atoms with E-state index in [9.17, 15) is 5.11 Å². The van der Waals surface area contributed by atoms with Gasteiger partial charge in [-0.25, -0.2) is 9.50 Å². The van der Waals surface area contributed by atoms with Gasteiger partial charge >= 0.3 is 0 Å². The lowest BCUT2D eigenvalue weighted by molar-refractivity contribution is 0.476. The van der Waals surface area contributed by atoms with Crippen LogP contribution < -0.4 is 0 Å². The van der Waals surface area contributed by atoms with Crippen LogP contribution in [0.4, 0.5) is 0 Å². The average Bonchev–Trinajstić information content (AvgIpc) is 3.07. The molecule has 4 nitrogen and oxygen atoms in total. The molecule has 118 valence electrons. The summed E-state index contributed by atoms with van der Waals surface area (Å²) in [4.78, 5) is 4.40. The molecule has 0 amide bonds. The highest BCUT2D eigenvalue weighted by Gasteiger charge is 2.13. The third-order valence-electron chi connectivity index (χ3n) is 4.17. The predicted molar refractivity (Wildman–Crippen MR) is 94.9 cm³/mol. The molecule has 0 saturated carbocycles. The predicted octanol–water partition coefficient (Wildman–Crippen LogP) is 4.33. The number of fused-ring (bicyclic) bond motifs is 1. The van der Waals surface area contributed by atoms with Gasteiger partial charge in [-0.1, -0.05) is 43.3 Å². The molecule has 1 N–H and O–H groups in total. The van der Waals surface area contributed by atoms with Gasteiger partial charge in [-0.05, 0) is 30.2 Å². The molecule has 4 aromatic rings. The summed E-state index contributed by atoms with van der Waals surface area (Å²) in [6, 6.07) is 19.5. The number of rotatable bonds is 3. The van der Waals surface area contributed by atoms with Crippen LogP contribution in [0.2, 0.25) is 0 Å². The van der Waals surface area contributed by atoms with Crippen molar-refractivity contribution in [3.63, 3.8) is 0 Å². The summed E-state index contributed by atoms with van der Waals surface area (Å²) in [5.74, 6) is 0.247. The molecule has 0 aliphatic heterocycles. The van der Waals surface area contributed by atoms with Crippen LogP contribution in [0.15, 0.2) is 66.9 Å². The van der Waals surface area contributed by atoms with E-state index in [1.165, 1.54) is 5.56 Å². The second-order valence-corrected chi connectivity index (χ2v) is 5.70. The molecular weight excluding hydrogens is 298 g/mol. The summed E-state index contributed by atoms with van der Waals surface area (Å²) >= 11 is 0. The standard InChI is InChI=1S/C20H17N3O/c1-2-14-8-9-19(24)16(12-14)18-10-11-21-20-13-17(22-23(18)20)15-6-4-3-5-7-15/h3-13,24H,2H2,1H3. The van der Waals surface area contributed by atoms with Crippen molar-refractivity contribution in [1.29, 1.82) is 0 Å². The Hall–Kier alpha value is -3.14. The van der Waals surface area contributed by atoms with Gasteiger partial charge in [-0.2, -0.15) is 5.10 Å². The molecule has 0 aliphatic carbocycles. The van der Waals surface area contributed by atoms with E-state index in [1.54, 1.807) is 16.8 Å². The molecule has 0 radical (unpaired) electrons. The summed E-state index contributed by atoms with van der Waals surface area (Å²) in [5.41, 5.74) is 5.43. The minimum Gasteiger partial charge on any atom is -0.507 e. The molecule has 0 atom stereocenters. The summed E-state index contributed by atoms with van der Waals surface area (Å²) in [6.45, 7) is 2.10. The van der Waals surface area contributed by atoms with Gasteiger partial charge in [-0.3, -0.25) is 0 Å². The van der Waals surface area contributed by atoms with Crippen molar-refractivity contribution >= 4 is 5.65 Å². The molecule has 24 heavy (non-hydrogen) atoms. The monoisotopic (exact) mass is 315 g/mol. The van der Waals surface area contributed by atoms with E-state index < -0.39 is 0 Å². The van der Waals surface area contributed by atoms with Crippen LogP contribution in [0.25, 0.3) is 28.2 Å². The molecule has 4 rings (SSSR count). The van der Waals surface area contributed by atoms with Crippen molar-refractivity contribution in [1.82, 2.24) is 14.6 Å². The van der Waals surface area contributed by atoms with Crippen LogP contribution >= 0.6 is 0 Å². The van der Waals surface area contributed by atoms with Crippen molar-refractivity contribution < 1.29 is 5.11 Å². The number of nitrogens with zero attached hydrogens (tertiary/aromatic N) is 3. The lowest BCUT2D eigenvalue weighted by Gasteiger charge is -2.08. The Morgan fingerprint density at radius 3 is 2.62 bits per heavy atom. The number of aryl methyl sites for hydroxylation is 1. The van der Waals surface area contributed by atoms with Gasteiger partial charge in [0.2, 0.25) is 0 Å². The Balaban J connectivity index is 1.93. The molecule has 0 unspecified atom stereocenters. The smallest absolute Gasteiger partial charge is 0.156 e. The van der Waals surface area contributed by atoms with Crippen LogP contribution in [0, 0.1) is 0 Å². The third kappa shape index (κ3) is 2.42. The normalized spacial score (nSPS) is 11.0. The number of hydrogen-bond acceptors (Lipinski definition) is 3. The molecule has 2 heterocycles. The molecular formula is C20H17N3O. The Kier molecular flexibility index (Phi) is 3.50. The van der Waals surface area contributed by atoms with E-state index in [1.807, 2.05) is 54.6 Å². The van der Waals surface area contributed by atoms with Gasteiger partial charge in [0, 0.05) is 23.4 Å². The first-order valence-electron chi connectivity index (χ1n) is 7.98. The van der Waals surface area contributed by atoms with Gasteiger partial charge in [0.15, 0.2) is 5.65 Å². The molecule has 0 spiro atoms. The highest BCUT2D eigenvalue weighted by molar-refractivity contribution is 5.72. The van der Waals surface area contributed by atoms with E-state index >= 15 is 0 Å². The summed E-state index contributed by atoms with van der Waals surface area (Å²) in [5, 5.41) is 15.0. The molecule has 2 aromatic carbocycles. The lowest BCUT2D eigenvalue weighted by Crippen LogP contribution is -1.96. The largest absolute Gasteiger partial charge is 0.507 e. The van der Waals surface area contributed by atoms with Gasteiger partial charge in [0.25, 0.3) is 0 Å². The molecule has 2 aromatic heterocycles. The van der Waals surface area contributed by atoms with E-state index in [2.05, 4.69) is 11.9 Å². The van der Waals surface area contributed by atoms with Gasteiger partial charge in [0.05, 0.1) is 11.4 Å². The number of aromatic nitrogens is 3. The second kappa shape index (κ2) is 5.81. The average molecular weight is 315 g/mol. The van der Waals surface area contributed by atoms with Gasteiger partial charge in [-0.15, -0.1) is 0 Å². The van der Waals surface area contributed by atoms with E-state index in [-0.39, 0.29) is 5.75 Å². The maximum Gasteiger partial charge on any atom is 0.156 e. The first kappa shape index (κ1) is 14.5. The highest BCUT2D eigenvalue weighted by atomic mass is 16.3. The van der Waals surface area contributed by atoms with Crippen molar-refractivity contribution in [3.05, 3.63) is 72.4 Å². The minimum atomic E-state index is 0.247. The van der Waals surface area contributed by atoms with Crippen LogP contribution in [0.3, 0.4) is 0 Å². The van der Waals surface area contributed by atoms with Crippen molar-refractivity contribution in [2.24, 2.45) is 0 Å². The van der Waals surface area contributed by atoms with Crippen molar-refractivity contribution in [3.8, 4) is 28.3 Å². The topological polar surface area (TPSA) is 50.4 Å². The van der Waals surface area contributed by atoms with Crippen molar-refractivity contribution in [2.75, 3.05) is 0 Å². The number of phenolic OH excluding ortho intramolecular Hbond substituents is 1. The molecule has 0 fully saturated rings.